The molecule has 8 nitrogen and oxygen atoms in total. The van der Waals surface area contributed by atoms with Gasteiger partial charge in [0.1, 0.15) is 11.8 Å². The fourth-order valence-corrected chi connectivity index (χ4v) is 4.97. The molecule has 3 aromatic carbocycles. The molecule has 41 heavy (non-hydrogen) atoms. The van der Waals surface area contributed by atoms with Gasteiger partial charge in [-0.3, -0.25) is 14.5 Å². The van der Waals surface area contributed by atoms with Crippen LogP contribution in [0.15, 0.2) is 72.8 Å². The summed E-state index contributed by atoms with van der Waals surface area (Å²) in [6, 6.07) is 20.3. The number of ether oxygens (including phenoxy) is 2. The Hall–Kier alpha value is -3.95. The monoisotopic (exact) mass is 593 g/mol. The molecule has 10 heteroatoms. The molecule has 1 aliphatic rings. The molecule has 1 heterocycles. The zero-order valence-electron chi connectivity index (χ0n) is 23.0. The molecular weight excluding hydrogens is 562 g/mol. The van der Waals surface area contributed by atoms with Gasteiger partial charge in [-0.15, -0.1) is 0 Å². The van der Waals surface area contributed by atoms with Crippen molar-refractivity contribution >= 4 is 58.1 Å². The molecule has 0 radical (unpaired) electrons. The van der Waals surface area contributed by atoms with Crippen LogP contribution in [0, 0.1) is 0 Å². The number of halogens is 1. The SMILES string of the molecule is CCCOc1ccc(NC(=O)C[C@H]2C(=O)N(c3ccc(C(=O)OCC)cc3)C(=S)N2CCc2ccc(Cl)cc2)cc1. The second kappa shape index (κ2) is 14.1. The molecule has 1 aliphatic heterocycles. The van der Waals surface area contributed by atoms with Gasteiger partial charge in [0, 0.05) is 17.3 Å². The van der Waals surface area contributed by atoms with Gasteiger partial charge in [0.25, 0.3) is 5.91 Å². The number of benzene rings is 3. The Morgan fingerprint density at radius 2 is 1.66 bits per heavy atom. The lowest BCUT2D eigenvalue weighted by Crippen LogP contribution is -2.39. The molecule has 4 rings (SSSR count). The third kappa shape index (κ3) is 7.62. The fraction of sp³-hybridized carbons (Fsp3) is 0.290. The molecule has 0 spiro atoms. The van der Waals surface area contributed by atoms with Gasteiger partial charge in [-0.2, -0.15) is 0 Å². The van der Waals surface area contributed by atoms with E-state index in [1.54, 1.807) is 60.4 Å². The first-order valence-corrected chi connectivity index (χ1v) is 14.3. The number of thiocarbonyl (C=S) groups is 1. The summed E-state index contributed by atoms with van der Waals surface area (Å²) >= 11 is 11.8. The van der Waals surface area contributed by atoms with Crippen LogP contribution in [-0.4, -0.2) is 53.6 Å². The summed E-state index contributed by atoms with van der Waals surface area (Å²) in [7, 11) is 0. The van der Waals surface area contributed by atoms with Crippen molar-refractivity contribution in [1.29, 1.82) is 0 Å². The minimum absolute atomic E-state index is 0.0922. The molecule has 0 saturated carbocycles. The molecule has 2 amide bonds. The van der Waals surface area contributed by atoms with Crippen LogP contribution in [0.2, 0.25) is 5.02 Å². The highest BCUT2D eigenvalue weighted by atomic mass is 35.5. The summed E-state index contributed by atoms with van der Waals surface area (Å²) in [5.41, 5.74) is 2.51. The standard InChI is InChI=1S/C31H32ClN3O5S/c1-3-19-40-26-15-11-24(12-16-26)33-28(36)20-27-29(37)35(25-13-7-22(8-14-25)30(38)39-4-2)31(41)34(27)18-17-21-5-9-23(32)10-6-21/h5-16,27H,3-4,17-20H2,1-2H3,(H,33,36)/t27-/m0/s1. The number of esters is 1. The van der Waals surface area contributed by atoms with Crippen LogP contribution in [0.25, 0.3) is 0 Å². The van der Waals surface area contributed by atoms with Crippen molar-refractivity contribution < 1.29 is 23.9 Å². The zero-order chi connectivity index (χ0) is 29.4. The van der Waals surface area contributed by atoms with Crippen LogP contribution in [-0.2, 0) is 20.7 Å². The highest BCUT2D eigenvalue weighted by molar-refractivity contribution is 7.80. The van der Waals surface area contributed by atoms with E-state index in [-0.39, 0.29) is 24.8 Å². The third-order valence-electron chi connectivity index (χ3n) is 6.50. The van der Waals surface area contributed by atoms with Crippen LogP contribution in [0.1, 0.15) is 42.6 Å². The molecule has 214 valence electrons. The minimum Gasteiger partial charge on any atom is -0.494 e. The van der Waals surface area contributed by atoms with Crippen molar-refractivity contribution in [2.45, 2.75) is 39.2 Å². The number of amides is 2. The molecular formula is C31H32ClN3O5S. The van der Waals surface area contributed by atoms with E-state index in [0.29, 0.717) is 46.6 Å². The van der Waals surface area contributed by atoms with E-state index < -0.39 is 12.0 Å². The van der Waals surface area contributed by atoms with Gasteiger partial charge in [0.05, 0.1) is 30.9 Å². The van der Waals surface area contributed by atoms with Crippen LogP contribution < -0.4 is 15.0 Å². The van der Waals surface area contributed by atoms with E-state index in [0.717, 1.165) is 17.7 Å². The number of carbonyl (C=O) groups excluding carboxylic acids is 3. The Bertz CT molecular complexity index is 1380. The lowest BCUT2D eigenvalue weighted by molar-refractivity contribution is -0.124. The third-order valence-corrected chi connectivity index (χ3v) is 7.17. The second-order valence-electron chi connectivity index (χ2n) is 9.43. The first kappa shape index (κ1) is 30.0. The topological polar surface area (TPSA) is 88.2 Å². The average molecular weight is 594 g/mol. The quantitative estimate of drug-likeness (QED) is 0.207. The van der Waals surface area contributed by atoms with Crippen molar-refractivity contribution in [2.75, 3.05) is 30.0 Å². The normalized spacial score (nSPS) is 14.8. The van der Waals surface area contributed by atoms with Gasteiger partial charge in [-0.1, -0.05) is 30.7 Å². The summed E-state index contributed by atoms with van der Waals surface area (Å²) in [4.78, 5) is 42.1. The largest absolute Gasteiger partial charge is 0.494 e. The first-order chi connectivity index (χ1) is 19.8. The maximum Gasteiger partial charge on any atom is 0.338 e. The summed E-state index contributed by atoms with van der Waals surface area (Å²) < 4.78 is 10.7. The predicted octanol–water partition coefficient (Wildman–Crippen LogP) is 5.88. The number of hydrogen-bond donors (Lipinski definition) is 1. The van der Waals surface area contributed by atoms with E-state index in [1.165, 1.54) is 4.90 Å². The van der Waals surface area contributed by atoms with Crippen LogP contribution in [0.4, 0.5) is 11.4 Å². The molecule has 0 unspecified atom stereocenters. The number of nitrogens with zero attached hydrogens (tertiary/aromatic N) is 2. The smallest absolute Gasteiger partial charge is 0.338 e. The van der Waals surface area contributed by atoms with E-state index in [2.05, 4.69) is 5.32 Å². The summed E-state index contributed by atoms with van der Waals surface area (Å²) in [5.74, 6) is -0.351. The molecule has 3 aromatic rings. The number of rotatable bonds is 12. The number of hydrogen-bond acceptors (Lipinski definition) is 6. The Labute approximate surface area is 250 Å². The average Bonchev–Trinajstić information content (AvgIpc) is 3.20. The van der Waals surface area contributed by atoms with Crippen molar-refractivity contribution in [3.8, 4) is 5.75 Å². The molecule has 0 bridgehead atoms. The second-order valence-corrected chi connectivity index (χ2v) is 10.2. The summed E-state index contributed by atoms with van der Waals surface area (Å²) in [5, 5.41) is 3.80. The maximum atomic E-state index is 13.7. The van der Waals surface area contributed by atoms with Crippen molar-refractivity contribution in [3.05, 3.63) is 88.9 Å². The zero-order valence-corrected chi connectivity index (χ0v) is 24.5. The Morgan fingerprint density at radius 1 is 0.976 bits per heavy atom. The van der Waals surface area contributed by atoms with Gasteiger partial charge in [-0.05, 0) is 98.2 Å². The first-order valence-electron chi connectivity index (χ1n) is 13.5. The van der Waals surface area contributed by atoms with Crippen LogP contribution in [0.3, 0.4) is 0 Å². The Balaban J connectivity index is 1.52. The van der Waals surface area contributed by atoms with Crippen molar-refractivity contribution in [2.24, 2.45) is 0 Å². The number of anilines is 2. The van der Waals surface area contributed by atoms with Gasteiger partial charge in [0.2, 0.25) is 5.91 Å². The summed E-state index contributed by atoms with van der Waals surface area (Å²) in [6.07, 6.45) is 1.40. The molecule has 1 atom stereocenters. The maximum absolute atomic E-state index is 13.7. The highest BCUT2D eigenvalue weighted by Crippen LogP contribution is 2.28. The van der Waals surface area contributed by atoms with E-state index in [9.17, 15) is 14.4 Å². The van der Waals surface area contributed by atoms with Crippen LogP contribution >= 0.6 is 23.8 Å². The molecule has 0 aliphatic carbocycles. The fourth-order valence-electron chi connectivity index (χ4n) is 4.43. The minimum atomic E-state index is -0.799. The predicted molar refractivity (Wildman–Crippen MR) is 164 cm³/mol. The molecule has 1 N–H and O–H groups in total. The number of nitrogens with one attached hydrogen (secondary N) is 1. The van der Waals surface area contributed by atoms with Gasteiger partial charge < -0.3 is 19.7 Å². The van der Waals surface area contributed by atoms with Gasteiger partial charge in [-0.25, -0.2) is 4.79 Å². The lowest BCUT2D eigenvalue weighted by Gasteiger charge is -2.24. The highest BCUT2D eigenvalue weighted by Gasteiger charge is 2.44. The lowest BCUT2D eigenvalue weighted by atomic mass is 10.1. The van der Waals surface area contributed by atoms with E-state index in [1.807, 2.05) is 31.2 Å². The molecule has 1 saturated heterocycles. The molecule has 0 aromatic heterocycles. The van der Waals surface area contributed by atoms with E-state index in [4.69, 9.17) is 33.3 Å². The van der Waals surface area contributed by atoms with Crippen molar-refractivity contribution in [3.63, 3.8) is 0 Å². The van der Waals surface area contributed by atoms with Gasteiger partial charge >= 0.3 is 5.97 Å². The van der Waals surface area contributed by atoms with Crippen LogP contribution in [0.5, 0.6) is 5.75 Å². The van der Waals surface area contributed by atoms with E-state index >= 15 is 0 Å². The molecule has 1 fully saturated rings. The Morgan fingerprint density at radius 3 is 2.29 bits per heavy atom. The van der Waals surface area contributed by atoms with Crippen molar-refractivity contribution in [1.82, 2.24) is 4.90 Å². The van der Waals surface area contributed by atoms with Gasteiger partial charge in [0.15, 0.2) is 5.11 Å². The number of carbonyl (C=O) groups is 3. The Kier molecular flexibility index (Phi) is 10.3. The summed E-state index contributed by atoms with van der Waals surface area (Å²) in [6.45, 7) is 5.06.